The zero-order valence-corrected chi connectivity index (χ0v) is 8.60. The Morgan fingerprint density at radius 2 is 2.00 bits per heavy atom. The van der Waals surface area contributed by atoms with Crippen LogP contribution in [0.3, 0.4) is 0 Å². The first-order valence-corrected chi connectivity index (χ1v) is 6.44. The summed E-state index contributed by atoms with van der Waals surface area (Å²) in [5, 5.41) is 1.42. The van der Waals surface area contributed by atoms with E-state index in [0.717, 1.165) is 0 Å². The van der Waals surface area contributed by atoms with Crippen LogP contribution in [-0.2, 0) is 15.4 Å². The normalized spacial score (nSPS) is 11.2. The van der Waals surface area contributed by atoms with Gasteiger partial charge in [-0.1, -0.05) is 0 Å². The van der Waals surface area contributed by atoms with Gasteiger partial charge >= 0.3 is 71.9 Å². The summed E-state index contributed by atoms with van der Waals surface area (Å²) in [6.07, 6.45) is 0. The second kappa shape index (κ2) is 3.38. The van der Waals surface area contributed by atoms with Gasteiger partial charge in [0.05, 0.1) is 0 Å². The van der Waals surface area contributed by atoms with Crippen molar-refractivity contribution in [3.8, 4) is 0 Å². The molecule has 0 saturated carbocycles. The number of rotatable bonds is 1. The van der Waals surface area contributed by atoms with Crippen molar-refractivity contribution in [3.63, 3.8) is 0 Å². The van der Waals surface area contributed by atoms with Gasteiger partial charge in [0, 0.05) is 0 Å². The van der Waals surface area contributed by atoms with Gasteiger partial charge in [0.15, 0.2) is 0 Å². The average Bonchev–Trinajstić information content (AvgIpc) is 1.95. The quantitative estimate of drug-likeness (QED) is 0.579. The van der Waals surface area contributed by atoms with E-state index in [1.54, 1.807) is 0 Å². The van der Waals surface area contributed by atoms with E-state index in [1.165, 1.54) is 16.3 Å². The van der Waals surface area contributed by atoms with Gasteiger partial charge in [0.25, 0.3) is 0 Å². The summed E-state index contributed by atoms with van der Waals surface area (Å²) in [5.41, 5.74) is 2.77. The fourth-order valence-corrected chi connectivity index (χ4v) is 2.66. The van der Waals surface area contributed by atoms with Crippen LogP contribution < -0.4 is 5.19 Å². The summed E-state index contributed by atoms with van der Waals surface area (Å²) < 4.78 is 0. The number of hydrogen-bond donors (Lipinski definition) is 0. The van der Waals surface area contributed by atoms with Crippen LogP contribution in [0.25, 0.3) is 0 Å². The molecule has 0 atom stereocenters. The maximum absolute atomic E-state index is 5.24. The molecule has 58 valence electrons. The van der Waals surface area contributed by atoms with Crippen LogP contribution in [0.2, 0.25) is 0 Å². The molecule has 0 amide bonds. The van der Waals surface area contributed by atoms with Gasteiger partial charge in [-0.3, -0.25) is 0 Å². The van der Waals surface area contributed by atoms with E-state index < -0.39 is 8.13 Å². The Labute approximate surface area is 72.1 Å². The topological polar surface area (TPSA) is 0 Å². The summed E-state index contributed by atoms with van der Waals surface area (Å²) in [7, 11) is -0.397. The summed E-state index contributed by atoms with van der Waals surface area (Å²) in [6, 6.07) is 6.37. The monoisotopic (exact) mass is 198 g/mol. The van der Waals surface area contributed by atoms with Gasteiger partial charge in [-0.05, 0) is 0 Å². The third kappa shape index (κ3) is 1.51. The molecular weight excluding hydrogens is 188 g/mol. The Kier molecular flexibility index (Phi) is 2.72. The SMILES string of the molecule is Cc1cccc([SiH2][Cu])c1C. The van der Waals surface area contributed by atoms with Crippen molar-refractivity contribution in [1.82, 2.24) is 0 Å². The Balaban J connectivity index is 3.14. The molecule has 0 bridgehead atoms. The molecule has 1 aromatic rings. The van der Waals surface area contributed by atoms with Gasteiger partial charge in [-0.25, -0.2) is 0 Å². The van der Waals surface area contributed by atoms with Crippen molar-refractivity contribution in [2.24, 2.45) is 0 Å². The van der Waals surface area contributed by atoms with Crippen molar-refractivity contribution >= 4 is 13.3 Å². The van der Waals surface area contributed by atoms with Crippen molar-refractivity contribution in [2.75, 3.05) is 0 Å². The van der Waals surface area contributed by atoms with Crippen LogP contribution in [0.1, 0.15) is 11.1 Å². The zero-order chi connectivity index (χ0) is 7.56. The first-order chi connectivity index (χ1) is 4.75. The van der Waals surface area contributed by atoms with Crippen molar-refractivity contribution in [2.45, 2.75) is 13.8 Å². The molecule has 0 aliphatic carbocycles. The van der Waals surface area contributed by atoms with Gasteiger partial charge in [-0.15, -0.1) is 0 Å². The molecule has 0 radical (unpaired) electrons. The number of benzene rings is 1. The molecule has 0 aromatic heterocycles. The standard InChI is InChI=1S/C8H11Si.Cu/c1-6-4-3-5-8(9)7(6)2;/h3-5H,9H2,1-2H3;. The number of aryl methyl sites for hydroxylation is 1. The predicted molar refractivity (Wildman–Crippen MR) is 44.1 cm³/mol. The second-order valence-corrected chi connectivity index (χ2v) is 4.44. The number of hydrogen-bond acceptors (Lipinski definition) is 0. The minimum absolute atomic E-state index is 0.397. The molecule has 0 N–H and O–H groups in total. The van der Waals surface area contributed by atoms with Gasteiger partial charge in [0.2, 0.25) is 0 Å². The van der Waals surface area contributed by atoms with Crippen LogP contribution in [0.5, 0.6) is 0 Å². The van der Waals surface area contributed by atoms with Crippen molar-refractivity contribution < 1.29 is 15.4 Å². The minimum atomic E-state index is -0.397. The third-order valence-electron chi connectivity index (χ3n) is 1.83. The fraction of sp³-hybridized carbons (Fsp3) is 0.250. The van der Waals surface area contributed by atoms with E-state index in [1.807, 2.05) is 0 Å². The summed E-state index contributed by atoms with van der Waals surface area (Å²) >= 11 is 5.24. The molecule has 1 rings (SSSR count). The van der Waals surface area contributed by atoms with E-state index in [4.69, 9.17) is 15.4 Å². The fourth-order valence-electron chi connectivity index (χ4n) is 0.927. The first kappa shape index (κ1) is 8.06. The van der Waals surface area contributed by atoms with E-state index in [9.17, 15) is 0 Å². The Morgan fingerprint density at radius 1 is 1.30 bits per heavy atom. The molecule has 1 aromatic carbocycles. The predicted octanol–water partition coefficient (Wildman–Crippen LogP) is 0.559. The van der Waals surface area contributed by atoms with E-state index >= 15 is 0 Å². The average molecular weight is 199 g/mol. The van der Waals surface area contributed by atoms with Crippen LogP contribution in [0.15, 0.2) is 18.2 Å². The van der Waals surface area contributed by atoms with E-state index in [-0.39, 0.29) is 0 Å². The van der Waals surface area contributed by atoms with E-state index in [2.05, 4.69) is 32.0 Å². The Bertz CT molecular complexity index is 233. The molecule has 0 aliphatic rings. The summed E-state index contributed by atoms with van der Waals surface area (Å²) in [4.78, 5) is 0. The summed E-state index contributed by atoms with van der Waals surface area (Å²) in [5.74, 6) is 0. The molecule has 0 fully saturated rings. The molecule has 0 saturated heterocycles. The molecular formula is C8H11CuSi. The molecule has 0 spiro atoms. The first-order valence-electron chi connectivity index (χ1n) is 3.31. The van der Waals surface area contributed by atoms with Crippen molar-refractivity contribution in [3.05, 3.63) is 29.3 Å². The van der Waals surface area contributed by atoms with Crippen LogP contribution in [0, 0.1) is 13.8 Å². The second-order valence-electron chi connectivity index (χ2n) is 2.47. The molecule has 2 heteroatoms. The van der Waals surface area contributed by atoms with Crippen molar-refractivity contribution in [1.29, 1.82) is 0 Å². The molecule has 0 heterocycles. The Morgan fingerprint density at radius 3 is 2.50 bits per heavy atom. The van der Waals surface area contributed by atoms with Gasteiger partial charge in [0.1, 0.15) is 0 Å². The molecule has 10 heavy (non-hydrogen) atoms. The van der Waals surface area contributed by atoms with Crippen LogP contribution >= 0.6 is 0 Å². The van der Waals surface area contributed by atoms with Gasteiger partial charge in [-0.2, -0.15) is 0 Å². The molecule has 0 unspecified atom stereocenters. The third-order valence-corrected chi connectivity index (χ3v) is 3.90. The summed E-state index contributed by atoms with van der Waals surface area (Å²) in [6.45, 7) is 4.29. The maximum atomic E-state index is 5.24. The molecule has 0 aliphatic heterocycles. The molecule has 0 nitrogen and oxygen atoms in total. The van der Waals surface area contributed by atoms with E-state index in [0.29, 0.717) is 0 Å². The van der Waals surface area contributed by atoms with Gasteiger partial charge < -0.3 is 0 Å². The zero-order valence-electron chi connectivity index (χ0n) is 6.24. The van der Waals surface area contributed by atoms with Crippen LogP contribution in [0.4, 0.5) is 0 Å². The van der Waals surface area contributed by atoms with Crippen LogP contribution in [-0.4, -0.2) is 8.13 Å². The Hall–Kier alpha value is -0.0436.